The quantitative estimate of drug-likeness (QED) is 0.591. The lowest BCUT2D eigenvalue weighted by molar-refractivity contribution is 0.712. The van der Waals surface area contributed by atoms with Gasteiger partial charge in [0.2, 0.25) is 5.16 Å². The van der Waals surface area contributed by atoms with Crippen molar-refractivity contribution in [2.75, 3.05) is 5.84 Å². The molecule has 0 amide bonds. The third-order valence-corrected chi connectivity index (χ3v) is 4.44. The van der Waals surface area contributed by atoms with E-state index in [-0.39, 0.29) is 5.92 Å². The SMILES string of the molecule is CC(C)c1nnc(SCc2cccc3ccccc23)n1N. The van der Waals surface area contributed by atoms with Crippen LogP contribution in [0, 0.1) is 0 Å². The Bertz CT molecular complexity index is 759. The van der Waals surface area contributed by atoms with Gasteiger partial charge in [-0.1, -0.05) is 68.1 Å². The Labute approximate surface area is 128 Å². The lowest BCUT2D eigenvalue weighted by Crippen LogP contribution is -2.14. The topological polar surface area (TPSA) is 56.7 Å². The molecule has 3 rings (SSSR count). The average molecular weight is 298 g/mol. The molecule has 0 aliphatic heterocycles. The standard InChI is InChI=1S/C16H18N4S/c1-11(2)15-18-19-16(20(15)17)21-10-13-8-5-7-12-6-3-4-9-14(12)13/h3-9,11H,10,17H2,1-2H3. The van der Waals surface area contributed by atoms with Crippen molar-refractivity contribution < 1.29 is 0 Å². The van der Waals surface area contributed by atoms with Crippen LogP contribution in [0.4, 0.5) is 0 Å². The molecule has 0 fully saturated rings. The van der Waals surface area contributed by atoms with Crippen LogP contribution in [0.5, 0.6) is 0 Å². The summed E-state index contributed by atoms with van der Waals surface area (Å²) >= 11 is 1.62. The maximum Gasteiger partial charge on any atom is 0.210 e. The molecule has 4 nitrogen and oxygen atoms in total. The van der Waals surface area contributed by atoms with E-state index in [9.17, 15) is 0 Å². The smallest absolute Gasteiger partial charge is 0.210 e. The molecule has 0 aliphatic rings. The van der Waals surface area contributed by atoms with Gasteiger partial charge in [0.1, 0.15) is 0 Å². The second-order valence-electron chi connectivity index (χ2n) is 5.29. The van der Waals surface area contributed by atoms with Gasteiger partial charge in [-0.25, -0.2) is 4.68 Å². The minimum absolute atomic E-state index is 0.273. The van der Waals surface area contributed by atoms with Crippen LogP contribution in [0.2, 0.25) is 0 Å². The van der Waals surface area contributed by atoms with Crippen molar-refractivity contribution in [2.24, 2.45) is 0 Å². The van der Waals surface area contributed by atoms with Gasteiger partial charge in [0.05, 0.1) is 0 Å². The molecule has 1 aromatic heterocycles. The van der Waals surface area contributed by atoms with Gasteiger partial charge in [0.25, 0.3) is 0 Å². The average Bonchev–Trinajstić information content (AvgIpc) is 2.86. The molecule has 0 unspecified atom stereocenters. The first kappa shape index (κ1) is 13.9. The number of fused-ring (bicyclic) bond motifs is 1. The first-order valence-corrected chi connectivity index (χ1v) is 7.95. The predicted octanol–water partition coefficient (Wildman–Crippen LogP) is 3.56. The highest BCUT2D eigenvalue weighted by Crippen LogP contribution is 2.26. The Morgan fingerprint density at radius 3 is 2.62 bits per heavy atom. The second kappa shape index (κ2) is 5.77. The zero-order valence-electron chi connectivity index (χ0n) is 12.2. The highest BCUT2D eigenvalue weighted by molar-refractivity contribution is 7.98. The van der Waals surface area contributed by atoms with E-state index in [1.807, 2.05) is 0 Å². The molecule has 2 N–H and O–H groups in total. The third kappa shape index (κ3) is 2.74. The maximum atomic E-state index is 6.05. The van der Waals surface area contributed by atoms with Gasteiger partial charge in [-0.2, -0.15) is 0 Å². The molecule has 0 aliphatic carbocycles. The van der Waals surface area contributed by atoms with Crippen LogP contribution in [0.15, 0.2) is 47.6 Å². The van der Waals surface area contributed by atoms with E-state index >= 15 is 0 Å². The van der Waals surface area contributed by atoms with Gasteiger partial charge >= 0.3 is 0 Å². The molecule has 108 valence electrons. The summed E-state index contributed by atoms with van der Waals surface area (Å²) in [5.74, 6) is 7.97. The number of benzene rings is 2. The largest absolute Gasteiger partial charge is 0.336 e. The highest BCUT2D eigenvalue weighted by Gasteiger charge is 2.13. The number of nitrogens with zero attached hydrogens (tertiary/aromatic N) is 3. The fraction of sp³-hybridized carbons (Fsp3) is 0.250. The number of hydrogen-bond donors (Lipinski definition) is 1. The van der Waals surface area contributed by atoms with Gasteiger partial charge in [0.15, 0.2) is 5.82 Å². The van der Waals surface area contributed by atoms with Crippen LogP contribution in [0.1, 0.15) is 31.2 Å². The van der Waals surface area contributed by atoms with E-state index in [0.717, 1.165) is 16.7 Å². The molecule has 0 radical (unpaired) electrons. The Kier molecular flexibility index (Phi) is 3.84. The molecule has 0 spiro atoms. The van der Waals surface area contributed by atoms with Crippen molar-refractivity contribution >= 4 is 22.5 Å². The maximum absolute atomic E-state index is 6.05. The summed E-state index contributed by atoms with van der Waals surface area (Å²) in [6.45, 7) is 4.12. The van der Waals surface area contributed by atoms with Gasteiger partial charge in [0, 0.05) is 11.7 Å². The van der Waals surface area contributed by atoms with E-state index < -0.39 is 0 Å². The summed E-state index contributed by atoms with van der Waals surface area (Å²) in [6, 6.07) is 14.8. The summed E-state index contributed by atoms with van der Waals surface area (Å²) in [7, 11) is 0. The first-order chi connectivity index (χ1) is 10.2. The van der Waals surface area contributed by atoms with Crippen molar-refractivity contribution in [3.8, 4) is 0 Å². The van der Waals surface area contributed by atoms with E-state index in [2.05, 4.69) is 66.5 Å². The number of aromatic nitrogens is 3. The van der Waals surface area contributed by atoms with Crippen LogP contribution >= 0.6 is 11.8 Å². The molecule has 21 heavy (non-hydrogen) atoms. The van der Waals surface area contributed by atoms with Crippen molar-refractivity contribution in [2.45, 2.75) is 30.7 Å². The van der Waals surface area contributed by atoms with E-state index in [0.29, 0.717) is 0 Å². The van der Waals surface area contributed by atoms with Crippen molar-refractivity contribution in [3.63, 3.8) is 0 Å². The number of nitrogen functional groups attached to an aromatic ring is 1. The van der Waals surface area contributed by atoms with Gasteiger partial charge in [-0.05, 0) is 16.3 Å². The van der Waals surface area contributed by atoms with Crippen LogP contribution < -0.4 is 5.84 Å². The Balaban J connectivity index is 1.84. The lowest BCUT2D eigenvalue weighted by Gasteiger charge is -2.07. The van der Waals surface area contributed by atoms with Crippen molar-refractivity contribution in [1.82, 2.24) is 14.9 Å². The summed E-state index contributed by atoms with van der Waals surface area (Å²) in [5.41, 5.74) is 1.28. The zero-order chi connectivity index (χ0) is 14.8. The number of rotatable bonds is 4. The summed E-state index contributed by atoms with van der Waals surface area (Å²) in [4.78, 5) is 0. The van der Waals surface area contributed by atoms with E-state index in [1.165, 1.54) is 16.3 Å². The fourth-order valence-corrected chi connectivity index (χ4v) is 3.21. The van der Waals surface area contributed by atoms with E-state index in [4.69, 9.17) is 5.84 Å². The molecular formula is C16H18N4S. The molecular weight excluding hydrogens is 280 g/mol. The molecule has 5 heteroatoms. The second-order valence-corrected chi connectivity index (χ2v) is 6.23. The van der Waals surface area contributed by atoms with Crippen LogP contribution in [-0.4, -0.2) is 14.9 Å². The Morgan fingerprint density at radius 1 is 1.10 bits per heavy atom. The Morgan fingerprint density at radius 2 is 1.86 bits per heavy atom. The van der Waals surface area contributed by atoms with Crippen LogP contribution in [-0.2, 0) is 5.75 Å². The van der Waals surface area contributed by atoms with Crippen LogP contribution in [0.3, 0.4) is 0 Å². The lowest BCUT2D eigenvalue weighted by atomic mass is 10.1. The normalized spacial score (nSPS) is 11.4. The summed E-state index contributed by atoms with van der Waals surface area (Å²) in [6.07, 6.45) is 0. The van der Waals surface area contributed by atoms with Gasteiger partial charge in [-0.3, -0.25) is 0 Å². The minimum atomic E-state index is 0.273. The van der Waals surface area contributed by atoms with Gasteiger partial charge in [-0.15, -0.1) is 10.2 Å². The summed E-state index contributed by atoms with van der Waals surface area (Å²) < 4.78 is 1.60. The van der Waals surface area contributed by atoms with Gasteiger partial charge < -0.3 is 5.84 Å². The zero-order valence-corrected chi connectivity index (χ0v) is 13.0. The van der Waals surface area contributed by atoms with Crippen molar-refractivity contribution in [1.29, 1.82) is 0 Å². The first-order valence-electron chi connectivity index (χ1n) is 6.96. The van der Waals surface area contributed by atoms with E-state index in [1.54, 1.807) is 16.4 Å². The molecule has 2 aromatic carbocycles. The molecule has 3 aromatic rings. The monoisotopic (exact) mass is 298 g/mol. The molecule has 1 heterocycles. The number of hydrogen-bond acceptors (Lipinski definition) is 4. The Hall–Kier alpha value is -2.01. The highest BCUT2D eigenvalue weighted by atomic mass is 32.2. The molecule has 0 saturated heterocycles. The molecule has 0 bridgehead atoms. The van der Waals surface area contributed by atoms with Crippen molar-refractivity contribution in [3.05, 3.63) is 53.9 Å². The predicted molar refractivity (Wildman–Crippen MR) is 87.8 cm³/mol. The number of nitrogens with two attached hydrogens (primary N) is 1. The summed E-state index contributed by atoms with van der Waals surface area (Å²) in [5, 5.41) is 11.6. The fourth-order valence-electron chi connectivity index (χ4n) is 2.34. The van der Waals surface area contributed by atoms with Crippen LogP contribution in [0.25, 0.3) is 10.8 Å². The minimum Gasteiger partial charge on any atom is -0.336 e. The molecule has 0 saturated carbocycles. The number of thioether (sulfide) groups is 1. The molecule has 0 atom stereocenters. The third-order valence-electron chi connectivity index (χ3n) is 3.44.